The third kappa shape index (κ3) is 2.97. The molecule has 0 heterocycles. The number of rotatable bonds is 5. The SMILES string of the molecule is CCC(CC(N)=S)NC(=O)C1C2CCCCC21. The zero-order valence-corrected chi connectivity index (χ0v) is 11.3. The summed E-state index contributed by atoms with van der Waals surface area (Å²) in [4.78, 5) is 12.6. The minimum absolute atomic E-state index is 0.127. The lowest BCUT2D eigenvalue weighted by Crippen LogP contribution is -2.38. The number of thiocarbonyl (C=S) groups is 1. The first kappa shape index (κ1) is 12.8. The number of carbonyl (C=O) groups is 1. The number of nitrogens with two attached hydrogens (primary N) is 1. The van der Waals surface area contributed by atoms with E-state index in [-0.39, 0.29) is 17.9 Å². The van der Waals surface area contributed by atoms with Gasteiger partial charge in [-0.3, -0.25) is 4.79 Å². The first-order valence-corrected chi connectivity index (χ1v) is 7.13. The molecular formula is C13H22N2OS. The average Bonchev–Trinajstić information content (AvgIpc) is 3.01. The van der Waals surface area contributed by atoms with Gasteiger partial charge in [0.25, 0.3) is 0 Å². The quantitative estimate of drug-likeness (QED) is 0.738. The normalized spacial score (nSPS) is 32.4. The Morgan fingerprint density at radius 3 is 2.47 bits per heavy atom. The van der Waals surface area contributed by atoms with Crippen molar-refractivity contribution < 1.29 is 4.79 Å². The summed E-state index contributed by atoms with van der Waals surface area (Å²) in [6, 6.07) is 0.127. The Morgan fingerprint density at radius 2 is 2.00 bits per heavy atom. The smallest absolute Gasteiger partial charge is 0.223 e. The number of nitrogens with one attached hydrogen (secondary N) is 1. The zero-order chi connectivity index (χ0) is 12.4. The Kier molecular flexibility index (Phi) is 4.02. The maximum atomic E-state index is 12.1. The van der Waals surface area contributed by atoms with Crippen LogP contribution in [-0.4, -0.2) is 16.9 Å². The third-order valence-electron chi connectivity index (χ3n) is 4.25. The first-order chi connectivity index (χ1) is 8.13. The van der Waals surface area contributed by atoms with Crippen LogP contribution in [0, 0.1) is 17.8 Å². The summed E-state index contributed by atoms with van der Waals surface area (Å²) in [6.07, 6.45) is 6.61. The molecule has 0 spiro atoms. The van der Waals surface area contributed by atoms with E-state index in [1.165, 1.54) is 25.7 Å². The minimum Gasteiger partial charge on any atom is -0.393 e. The second kappa shape index (κ2) is 5.34. The topological polar surface area (TPSA) is 55.1 Å². The summed E-state index contributed by atoms with van der Waals surface area (Å²) in [6.45, 7) is 2.06. The summed E-state index contributed by atoms with van der Waals surface area (Å²) in [5, 5.41) is 3.11. The molecule has 2 aliphatic rings. The highest BCUT2D eigenvalue weighted by Gasteiger charge is 2.54. The lowest BCUT2D eigenvalue weighted by molar-refractivity contribution is -0.123. The van der Waals surface area contributed by atoms with Crippen molar-refractivity contribution in [2.75, 3.05) is 0 Å². The molecule has 2 saturated carbocycles. The van der Waals surface area contributed by atoms with Crippen LogP contribution in [-0.2, 0) is 4.79 Å². The molecule has 3 unspecified atom stereocenters. The van der Waals surface area contributed by atoms with Crippen LogP contribution in [0.1, 0.15) is 45.4 Å². The summed E-state index contributed by atoms with van der Waals surface area (Å²) in [5.41, 5.74) is 5.53. The largest absolute Gasteiger partial charge is 0.393 e. The van der Waals surface area contributed by atoms with E-state index in [0.29, 0.717) is 23.2 Å². The number of amides is 1. The van der Waals surface area contributed by atoms with E-state index in [1.54, 1.807) is 0 Å². The number of hydrogen-bond donors (Lipinski definition) is 2. The maximum Gasteiger partial charge on any atom is 0.223 e. The van der Waals surface area contributed by atoms with Gasteiger partial charge >= 0.3 is 0 Å². The molecule has 0 aromatic carbocycles. The minimum atomic E-state index is 0.127. The van der Waals surface area contributed by atoms with E-state index in [0.717, 1.165) is 6.42 Å². The number of fused-ring (bicyclic) bond motifs is 1. The molecule has 0 radical (unpaired) electrons. The molecular weight excluding hydrogens is 232 g/mol. The molecule has 96 valence electrons. The van der Waals surface area contributed by atoms with Gasteiger partial charge in [0.1, 0.15) is 0 Å². The molecule has 0 aromatic heterocycles. The van der Waals surface area contributed by atoms with Crippen molar-refractivity contribution in [2.24, 2.45) is 23.5 Å². The van der Waals surface area contributed by atoms with E-state index >= 15 is 0 Å². The molecule has 0 bridgehead atoms. The second-order valence-electron chi connectivity index (χ2n) is 5.42. The molecule has 17 heavy (non-hydrogen) atoms. The predicted molar refractivity (Wildman–Crippen MR) is 72.6 cm³/mol. The van der Waals surface area contributed by atoms with Crippen LogP contribution in [0.25, 0.3) is 0 Å². The first-order valence-electron chi connectivity index (χ1n) is 6.72. The molecule has 0 aromatic rings. The fraction of sp³-hybridized carbons (Fsp3) is 0.846. The van der Waals surface area contributed by atoms with E-state index < -0.39 is 0 Å². The van der Waals surface area contributed by atoms with Gasteiger partial charge in [0.2, 0.25) is 5.91 Å². The molecule has 2 fully saturated rings. The van der Waals surface area contributed by atoms with Gasteiger partial charge in [-0.05, 0) is 31.1 Å². The average molecular weight is 254 g/mol. The van der Waals surface area contributed by atoms with Crippen LogP contribution >= 0.6 is 12.2 Å². The highest BCUT2D eigenvalue weighted by molar-refractivity contribution is 7.80. The van der Waals surface area contributed by atoms with Gasteiger partial charge in [0, 0.05) is 18.4 Å². The Hall–Kier alpha value is -0.640. The Bertz CT molecular complexity index is 307. The third-order valence-corrected chi connectivity index (χ3v) is 4.41. The maximum absolute atomic E-state index is 12.1. The van der Waals surface area contributed by atoms with Gasteiger partial charge in [-0.15, -0.1) is 0 Å². The molecule has 2 aliphatic carbocycles. The zero-order valence-electron chi connectivity index (χ0n) is 10.4. The Balaban J connectivity index is 1.82. The molecule has 3 atom stereocenters. The molecule has 4 heteroatoms. The van der Waals surface area contributed by atoms with Crippen molar-refractivity contribution in [2.45, 2.75) is 51.5 Å². The summed E-state index contributed by atoms with van der Waals surface area (Å²) < 4.78 is 0. The Morgan fingerprint density at radius 1 is 1.41 bits per heavy atom. The van der Waals surface area contributed by atoms with Crippen molar-refractivity contribution >= 4 is 23.1 Å². The molecule has 0 saturated heterocycles. The van der Waals surface area contributed by atoms with E-state index in [9.17, 15) is 4.79 Å². The lowest BCUT2D eigenvalue weighted by Gasteiger charge is -2.16. The summed E-state index contributed by atoms with van der Waals surface area (Å²) >= 11 is 4.90. The second-order valence-corrected chi connectivity index (χ2v) is 5.95. The fourth-order valence-electron chi connectivity index (χ4n) is 3.22. The van der Waals surface area contributed by atoms with Crippen LogP contribution in [0.2, 0.25) is 0 Å². The van der Waals surface area contributed by atoms with Gasteiger partial charge in [-0.1, -0.05) is 32.0 Å². The van der Waals surface area contributed by atoms with Gasteiger partial charge in [0.05, 0.1) is 4.99 Å². The van der Waals surface area contributed by atoms with Crippen molar-refractivity contribution in [3.8, 4) is 0 Å². The van der Waals surface area contributed by atoms with Crippen molar-refractivity contribution in [1.82, 2.24) is 5.32 Å². The fourth-order valence-corrected chi connectivity index (χ4v) is 3.42. The molecule has 2 rings (SSSR count). The summed E-state index contributed by atoms with van der Waals surface area (Å²) in [5.74, 6) is 1.88. The standard InChI is InChI=1S/C13H22N2OS/c1-2-8(7-11(14)17)15-13(16)12-9-5-3-4-6-10(9)12/h8-10,12H,2-7H2,1H3,(H2,14,17)(H,15,16). The predicted octanol–water partition coefficient (Wildman–Crippen LogP) is 1.99. The highest BCUT2D eigenvalue weighted by Crippen LogP contribution is 2.55. The molecule has 0 aliphatic heterocycles. The van der Waals surface area contributed by atoms with Gasteiger partial charge in [-0.2, -0.15) is 0 Å². The van der Waals surface area contributed by atoms with Gasteiger partial charge in [-0.25, -0.2) is 0 Å². The van der Waals surface area contributed by atoms with Gasteiger partial charge < -0.3 is 11.1 Å². The Labute approximate surface area is 109 Å². The molecule has 3 N–H and O–H groups in total. The van der Waals surface area contributed by atoms with Gasteiger partial charge in [0.15, 0.2) is 0 Å². The number of hydrogen-bond acceptors (Lipinski definition) is 2. The van der Waals surface area contributed by atoms with E-state index in [2.05, 4.69) is 12.2 Å². The van der Waals surface area contributed by atoms with Crippen LogP contribution in [0.3, 0.4) is 0 Å². The lowest BCUT2D eigenvalue weighted by atomic mass is 10.0. The van der Waals surface area contributed by atoms with E-state index in [4.69, 9.17) is 18.0 Å². The van der Waals surface area contributed by atoms with E-state index in [1.807, 2.05) is 0 Å². The van der Waals surface area contributed by atoms with Crippen molar-refractivity contribution in [3.05, 3.63) is 0 Å². The van der Waals surface area contributed by atoms with Crippen LogP contribution in [0.4, 0.5) is 0 Å². The number of carbonyl (C=O) groups excluding carboxylic acids is 1. The van der Waals surface area contributed by atoms with Crippen LogP contribution in [0.5, 0.6) is 0 Å². The highest BCUT2D eigenvalue weighted by atomic mass is 32.1. The monoisotopic (exact) mass is 254 g/mol. The van der Waals surface area contributed by atoms with Crippen molar-refractivity contribution in [3.63, 3.8) is 0 Å². The van der Waals surface area contributed by atoms with Crippen LogP contribution < -0.4 is 11.1 Å². The molecule has 1 amide bonds. The summed E-state index contributed by atoms with van der Waals surface area (Å²) in [7, 11) is 0. The molecule has 3 nitrogen and oxygen atoms in total. The van der Waals surface area contributed by atoms with Crippen LogP contribution in [0.15, 0.2) is 0 Å². The van der Waals surface area contributed by atoms with Crippen molar-refractivity contribution in [1.29, 1.82) is 0 Å².